The summed E-state index contributed by atoms with van der Waals surface area (Å²) >= 11 is 1.77. The van der Waals surface area contributed by atoms with E-state index in [1.54, 1.807) is 16.9 Å². The summed E-state index contributed by atoms with van der Waals surface area (Å²) in [6.45, 7) is 7.18. The molecule has 7 atom stereocenters. The number of aliphatic hydroxyl groups excluding tert-OH is 3. The average molecular weight is 487 g/mol. The van der Waals surface area contributed by atoms with E-state index in [9.17, 15) is 15.3 Å². The molecule has 1 aromatic heterocycles. The average Bonchev–Trinajstić information content (AvgIpc) is 3.41. The third kappa shape index (κ3) is 5.88. The molecule has 0 radical (unpaired) electrons. The van der Waals surface area contributed by atoms with Crippen molar-refractivity contribution in [3.8, 4) is 0 Å². The molecule has 1 aromatic rings. The Morgan fingerprint density at radius 1 is 1.12 bits per heavy atom. The van der Waals surface area contributed by atoms with E-state index in [0.717, 1.165) is 30.1 Å². The molecule has 3 nitrogen and oxygen atoms in total. The molecular weight excluding hydrogens is 440 g/mol. The van der Waals surface area contributed by atoms with E-state index < -0.39 is 12.2 Å². The highest BCUT2D eigenvalue weighted by Crippen LogP contribution is 2.60. The van der Waals surface area contributed by atoms with Crippen molar-refractivity contribution in [3.05, 3.63) is 45.2 Å². The van der Waals surface area contributed by atoms with Gasteiger partial charge < -0.3 is 15.3 Å². The lowest BCUT2D eigenvalue weighted by Crippen LogP contribution is -2.36. The summed E-state index contributed by atoms with van der Waals surface area (Å²) in [6, 6.07) is 4.27. The van der Waals surface area contributed by atoms with Crippen LogP contribution in [0.5, 0.6) is 0 Å². The Hall–Kier alpha value is -0.940. The van der Waals surface area contributed by atoms with Gasteiger partial charge in [-0.15, -0.1) is 11.3 Å². The molecule has 3 saturated carbocycles. The van der Waals surface area contributed by atoms with E-state index in [4.69, 9.17) is 0 Å². The van der Waals surface area contributed by atoms with E-state index in [-0.39, 0.29) is 6.10 Å². The summed E-state index contributed by atoms with van der Waals surface area (Å²) in [5.74, 6) is 2.13. The Labute approximate surface area is 211 Å². The largest absolute Gasteiger partial charge is 0.393 e. The zero-order chi connectivity index (χ0) is 24.3. The Balaban J connectivity index is 1.34. The molecule has 0 aliphatic heterocycles. The van der Waals surface area contributed by atoms with Crippen LogP contribution in [0.25, 0.3) is 0 Å². The Bertz CT molecular complexity index is 858. The third-order valence-electron chi connectivity index (χ3n) is 9.29. The number of hydrogen-bond acceptors (Lipinski definition) is 4. The maximum atomic E-state index is 10.6. The molecule has 0 saturated heterocycles. The van der Waals surface area contributed by atoms with Crippen molar-refractivity contribution < 1.29 is 15.3 Å². The van der Waals surface area contributed by atoms with Crippen molar-refractivity contribution >= 4 is 11.3 Å². The van der Waals surface area contributed by atoms with Gasteiger partial charge in [0.05, 0.1) is 18.3 Å². The van der Waals surface area contributed by atoms with Gasteiger partial charge in [0.2, 0.25) is 0 Å². The van der Waals surface area contributed by atoms with Crippen LogP contribution in [0.4, 0.5) is 0 Å². The van der Waals surface area contributed by atoms with Crippen LogP contribution < -0.4 is 0 Å². The minimum atomic E-state index is -0.395. The molecule has 0 spiro atoms. The van der Waals surface area contributed by atoms with Crippen LogP contribution in [-0.4, -0.2) is 27.5 Å². The minimum absolute atomic E-state index is 0.307. The number of allylic oxidation sites excluding steroid dienone is 3. The van der Waals surface area contributed by atoms with E-state index in [0.29, 0.717) is 36.5 Å². The fraction of sp³-hybridized carbons (Fsp3) is 0.733. The van der Waals surface area contributed by atoms with Gasteiger partial charge in [0.15, 0.2) is 0 Å². The molecule has 3 N–H and O–H groups in total. The second-order valence-electron chi connectivity index (χ2n) is 11.7. The maximum absolute atomic E-state index is 10.6. The Morgan fingerprint density at radius 3 is 2.59 bits per heavy atom. The van der Waals surface area contributed by atoms with Gasteiger partial charge in [-0.2, -0.15) is 0 Å². The lowest BCUT2D eigenvalue weighted by atomic mass is 9.60. The molecule has 0 aromatic carbocycles. The van der Waals surface area contributed by atoms with Crippen molar-refractivity contribution in [1.82, 2.24) is 0 Å². The molecule has 4 rings (SSSR count). The molecule has 0 amide bonds. The maximum Gasteiger partial charge on any atom is 0.0882 e. The number of aliphatic hydroxyl groups is 3. The summed E-state index contributed by atoms with van der Waals surface area (Å²) in [4.78, 5) is 2.49. The van der Waals surface area contributed by atoms with Crippen LogP contribution in [0.3, 0.4) is 0 Å². The van der Waals surface area contributed by atoms with Crippen molar-refractivity contribution in [2.45, 2.75) is 116 Å². The molecule has 3 aliphatic rings. The SMILES string of the molecule is CCc1ccc([C@H](O)CCC[C@@H](C)[C@H]2CC[C@H]3/C(=C/C=C4C[C@@H](O)C[C@H](O)C4)CCC[C@]23C)s1. The van der Waals surface area contributed by atoms with Crippen LogP contribution in [0.2, 0.25) is 0 Å². The van der Waals surface area contributed by atoms with Crippen LogP contribution in [0.1, 0.15) is 107 Å². The molecule has 3 fully saturated rings. The fourth-order valence-corrected chi connectivity index (χ4v) is 8.46. The first-order valence-electron chi connectivity index (χ1n) is 13.8. The van der Waals surface area contributed by atoms with Gasteiger partial charge in [0.25, 0.3) is 0 Å². The molecule has 0 unspecified atom stereocenters. The van der Waals surface area contributed by atoms with Gasteiger partial charge in [-0.05, 0) is 99.5 Å². The first kappa shape index (κ1) is 26.1. The quantitative estimate of drug-likeness (QED) is 0.366. The van der Waals surface area contributed by atoms with Crippen LogP contribution in [0.15, 0.2) is 35.4 Å². The predicted octanol–water partition coefficient (Wildman–Crippen LogP) is 7.13. The summed E-state index contributed by atoms with van der Waals surface area (Å²) in [5, 5.41) is 30.7. The molecular formula is C30H46O3S. The Kier molecular flexibility index (Phi) is 8.77. The number of hydrogen-bond donors (Lipinski definition) is 3. The normalized spacial score (nSPS) is 34.8. The summed E-state index contributed by atoms with van der Waals surface area (Å²) < 4.78 is 0. The van der Waals surface area contributed by atoms with Crippen molar-refractivity contribution in [2.75, 3.05) is 0 Å². The van der Waals surface area contributed by atoms with Gasteiger partial charge in [0, 0.05) is 9.75 Å². The first-order chi connectivity index (χ1) is 16.3. The molecule has 34 heavy (non-hydrogen) atoms. The monoisotopic (exact) mass is 486 g/mol. The topological polar surface area (TPSA) is 60.7 Å². The van der Waals surface area contributed by atoms with E-state index in [1.807, 2.05) is 0 Å². The number of thiophene rings is 1. The van der Waals surface area contributed by atoms with Crippen LogP contribution in [0, 0.1) is 23.2 Å². The van der Waals surface area contributed by atoms with Gasteiger partial charge in [-0.25, -0.2) is 0 Å². The molecule has 4 heteroatoms. The predicted molar refractivity (Wildman–Crippen MR) is 142 cm³/mol. The second-order valence-corrected chi connectivity index (χ2v) is 12.9. The van der Waals surface area contributed by atoms with Gasteiger partial charge in [-0.1, -0.05) is 56.9 Å². The van der Waals surface area contributed by atoms with E-state index in [2.05, 4.69) is 45.1 Å². The van der Waals surface area contributed by atoms with Gasteiger partial charge in [-0.3, -0.25) is 0 Å². The second kappa shape index (κ2) is 11.4. The molecule has 0 bridgehead atoms. The van der Waals surface area contributed by atoms with Crippen molar-refractivity contribution in [2.24, 2.45) is 23.2 Å². The van der Waals surface area contributed by atoms with E-state index in [1.165, 1.54) is 49.0 Å². The van der Waals surface area contributed by atoms with Crippen molar-refractivity contribution in [3.63, 3.8) is 0 Å². The van der Waals surface area contributed by atoms with Gasteiger partial charge in [0.1, 0.15) is 0 Å². The lowest BCUT2D eigenvalue weighted by Gasteiger charge is -2.44. The molecule has 3 aliphatic carbocycles. The van der Waals surface area contributed by atoms with Crippen LogP contribution >= 0.6 is 11.3 Å². The summed E-state index contributed by atoms with van der Waals surface area (Å²) in [6.07, 6.45) is 16.0. The number of fused-ring (bicyclic) bond motifs is 1. The fourth-order valence-electron chi connectivity index (χ4n) is 7.48. The highest BCUT2D eigenvalue weighted by Gasteiger charge is 2.50. The zero-order valence-electron chi connectivity index (χ0n) is 21.5. The number of aryl methyl sites for hydroxylation is 1. The molecule has 1 heterocycles. The van der Waals surface area contributed by atoms with E-state index >= 15 is 0 Å². The third-order valence-corrected chi connectivity index (χ3v) is 10.6. The van der Waals surface area contributed by atoms with Crippen LogP contribution in [-0.2, 0) is 6.42 Å². The minimum Gasteiger partial charge on any atom is -0.393 e. The zero-order valence-corrected chi connectivity index (χ0v) is 22.3. The summed E-state index contributed by atoms with van der Waals surface area (Å²) in [7, 11) is 0. The molecule has 190 valence electrons. The smallest absolute Gasteiger partial charge is 0.0882 e. The Morgan fingerprint density at radius 2 is 1.88 bits per heavy atom. The summed E-state index contributed by atoms with van der Waals surface area (Å²) in [5.41, 5.74) is 3.19. The highest BCUT2D eigenvalue weighted by atomic mass is 32.1. The van der Waals surface area contributed by atoms with Crippen molar-refractivity contribution in [1.29, 1.82) is 0 Å². The number of rotatable bonds is 8. The first-order valence-corrected chi connectivity index (χ1v) is 14.6. The highest BCUT2D eigenvalue weighted by molar-refractivity contribution is 7.12. The standard InChI is InChI=1S/C30H46O3S/c1-4-25-12-15-29(34-25)28(33)9-5-7-20(2)26-13-14-27-22(8-6-16-30(26,27)3)11-10-21-17-23(31)19-24(32)18-21/h10-12,15,20,23-24,26-28,31-33H,4-9,13-14,16-19H2,1-3H3/b22-11+/t20-,23-,24-,26-,27+,28-,30-/m1/s1. The lowest BCUT2D eigenvalue weighted by molar-refractivity contribution is 0.0609. The van der Waals surface area contributed by atoms with Gasteiger partial charge >= 0.3 is 0 Å².